The van der Waals surface area contributed by atoms with Crippen LogP contribution in [0.25, 0.3) is 0 Å². The minimum Gasteiger partial charge on any atom is -0.381 e. The summed E-state index contributed by atoms with van der Waals surface area (Å²) in [6.07, 6.45) is 1.03. The summed E-state index contributed by atoms with van der Waals surface area (Å²) in [7, 11) is 0. The molecule has 4 nitrogen and oxygen atoms in total. The van der Waals surface area contributed by atoms with Crippen LogP contribution in [-0.4, -0.2) is 43.0 Å². The highest BCUT2D eigenvalue weighted by Crippen LogP contribution is 2.27. The SMILES string of the molecule is CCOCC1CCN(C(=O)Nc2ccccc2SCC)C1. The minimum absolute atomic E-state index is 0.00171. The number of carbonyl (C=O) groups excluding carboxylic acids is 1. The molecule has 1 aliphatic heterocycles. The standard InChI is InChI=1S/C16H24N2O2S/c1-3-20-12-13-9-10-18(11-13)16(19)17-14-7-5-6-8-15(14)21-4-2/h5-8,13H,3-4,9-12H2,1-2H3,(H,17,19). The van der Waals surface area contributed by atoms with Crippen LogP contribution in [0.2, 0.25) is 0 Å². The van der Waals surface area contributed by atoms with Gasteiger partial charge in [-0.1, -0.05) is 19.1 Å². The lowest BCUT2D eigenvalue weighted by Gasteiger charge is -2.18. The Morgan fingerprint density at radius 3 is 3.00 bits per heavy atom. The van der Waals surface area contributed by atoms with Gasteiger partial charge in [0.15, 0.2) is 0 Å². The van der Waals surface area contributed by atoms with E-state index in [9.17, 15) is 4.79 Å². The van der Waals surface area contributed by atoms with E-state index in [0.717, 1.165) is 49.1 Å². The summed E-state index contributed by atoms with van der Waals surface area (Å²) in [6.45, 7) is 7.21. The maximum atomic E-state index is 12.4. The summed E-state index contributed by atoms with van der Waals surface area (Å²) in [5, 5.41) is 3.04. The largest absolute Gasteiger partial charge is 0.381 e. The number of carbonyl (C=O) groups is 1. The van der Waals surface area contributed by atoms with Crippen molar-refractivity contribution in [1.82, 2.24) is 4.90 Å². The van der Waals surface area contributed by atoms with Crippen LogP contribution in [0.1, 0.15) is 20.3 Å². The zero-order chi connectivity index (χ0) is 15.1. The Bertz CT molecular complexity index is 467. The van der Waals surface area contributed by atoms with Gasteiger partial charge in [-0.2, -0.15) is 0 Å². The van der Waals surface area contributed by atoms with E-state index in [0.29, 0.717) is 5.92 Å². The van der Waals surface area contributed by atoms with Gasteiger partial charge in [-0.05, 0) is 31.2 Å². The van der Waals surface area contributed by atoms with Crippen LogP contribution < -0.4 is 5.32 Å². The molecule has 116 valence electrons. The lowest BCUT2D eigenvalue weighted by atomic mass is 10.1. The van der Waals surface area contributed by atoms with Crippen LogP contribution in [0.4, 0.5) is 10.5 Å². The van der Waals surface area contributed by atoms with E-state index in [1.54, 1.807) is 11.8 Å². The van der Waals surface area contributed by atoms with E-state index >= 15 is 0 Å². The Balaban J connectivity index is 1.90. The van der Waals surface area contributed by atoms with E-state index in [1.807, 2.05) is 36.1 Å². The summed E-state index contributed by atoms with van der Waals surface area (Å²) in [5.41, 5.74) is 0.905. The first-order chi connectivity index (χ1) is 10.2. The van der Waals surface area contributed by atoms with E-state index in [-0.39, 0.29) is 6.03 Å². The van der Waals surface area contributed by atoms with E-state index in [1.165, 1.54) is 0 Å². The molecule has 21 heavy (non-hydrogen) atoms. The van der Waals surface area contributed by atoms with Gasteiger partial charge in [0.2, 0.25) is 0 Å². The summed E-state index contributed by atoms with van der Waals surface area (Å²) in [4.78, 5) is 15.4. The number of ether oxygens (including phenoxy) is 1. The smallest absolute Gasteiger partial charge is 0.321 e. The number of anilines is 1. The maximum absolute atomic E-state index is 12.4. The molecule has 1 aromatic carbocycles. The number of hydrogen-bond donors (Lipinski definition) is 1. The molecule has 0 bridgehead atoms. The Kier molecular flexibility index (Phi) is 6.39. The molecule has 1 atom stereocenters. The molecule has 1 heterocycles. The number of rotatable bonds is 6. The fraction of sp³-hybridized carbons (Fsp3) is 0.562. The van der Waals surface area contributed by atoms with Crippen molar-refractivity contribution >= 4 is 23.5 Å². The van der Waals surface area contributed by atoms with Crippen molar-refractivity contribution in [2.75, 3.05) is 37.4 Å². The molecule has 0 saturated carbocycles. The first-order valence-corrected chi connectivity index (χ1v) is 8.58. The van der Waals surface area contributed by atoms with Crippen molar-refractivity contribution in [2.45, 2.75) is 25.2 Å². The third kappa shape index (κ3) is 4.64. The number of urea groups is 1. The number of likely N-dealkylation sites (tertiary alicyclic amines) is 1. The van der Waals surface area contributed by atoms with Crippen molar-refractivity contribution in [3.8, 4) is 0 Å². The first kappa shape index (κ1) is 16.2. The number of nitrogens with one attached hydrogen (secondary N) is 1. The summed E-state index contributed by atoms with van der Waals surface area (Å²) >= 11 is 1.74. The van der Waals surface area contributed by atoms with Gasteiger partial charge in [-0.3, -0.25) is 0 Å². The van der Waals surface area contributed by atoms with Crippen molar-refractivity contribution < 1.29 is 9.53 Å². The van der Waals surface area contributed by atoms with Gasteiger partial charge in [-0.25, -0.2) is 4.79 Å². The molecule has 5 heteroatoms. The average molecular weight is 308 g/mol. The first-order valence-electron chi connectivity index (χ1n) is 7.60. The molecule has 1 saturated heterocycles. The highest BCUT2D eigenvalue weighted by Gasteiger charge is 2.26. The van der Waals surface area contributed by atoms with Gasteiger partial charge in [0.25, 0.3) is 0 Å². The molecule has 0 aromatic heterocycles. The molecule has 0 radical (unpaired) electrons. The molecule has 0 aliphatic carbocycles. The van der Waals surface area contributed by atoms with Crippen LogP contribution in [0.15, 0.2) is 29.2 Å². The molecule has 2 rings (SSSR count). The van der Waals surface area contributed by atoms with E-state index in [2.05, 4.69) is 12.2 Å². The molecule has 1 unspecified atom stereocenters. The number of amides is 2. The predicted octanol–water partition coefficient (Wildman–Crippen LogP) is 3.69. The van der Waals surface area contributed by atoms with Crippen LogP contribution >= 0.6 is 11.8 Å². The topological polar surface area (TPSA) is 41.6 Å². The molecule has 1 aromatic rings. The van der Waals surface area contributed by atoms with E-state index < -0.39 is 0 Å². The van der Waals surface area contributed by atoms with Crippen molar-refractivity contribution in [1.29, 1.82) is 0 Å². The molecule has 1 fully saturated rings. The number of benzene rings is 1. The Hall–Kier alpha value is -1.20. The quantitative estimate of drug-likeness (QED) is 0.815. The second kappa shape index (κ2) is 8.29. The van der Waals surface area contributed by atoms with Crippen LogP contribution in [-0.2, 0) is 4.74 Å². The summed E-state index contributed by atoms with van der Waals surface area (Å²) in [6, 6.07) is 7.96. The summed E-state index contributed by atoms with van der Waals surface area (Å²) < 4.78 is 5.45. The van der Waals surface area contributed by atoms with Crippen molar-refractivity contribution in [3.05, 3.63) is 24.3 Å². The van der Waals surface area contributed by atoms with Gasteiger partial charge < -0.3 is 15.0 Å². The Morgan fingerprint density at radius 1 is 1.43 bits per heavy atom. The van der Waals surface area contributed by atoms with Gasteiger partial charge in [-0.15, -0.1) is 11.8 Å². The molecule has 1 aliphatic rings. The average Bonchev–Trinajstić information content (AvgIpc) is 2.96. The third-order valence-corrected chi connectivity index (χ3v) is 4.51. The van der Waals surface area contributed by atoms with E-state index in [4.69, 9.17) is 4.74 Å². The van der Waals surface area contributed by atoms with Gasteiger partial charge in [0.05, 0.1) is 12.3 Å². The second-order valence-corrected chi connectivity index (χ2v) is 6.43. The highest BCUT2D eigenvalue weighted by molar-refractivity contribution is 7.99. The number of thioether (sulfide) groups is 1. The number of hydrogen-bond acceptors (Lipinski definition) is 3. The van der Waals surface area contributed by atoms with Gasteiger partial charge in [0, 0.05) is 30.5 Å². The lowest BCUT2D eigenvalue weighted by molar-refractivity contribution is 0.113. The second-order valence-electron chi connectivity index (χ2n) is 5.12. The van der Waals surface area contributed by atoms with Crippen LogP contribution in [0, 0.1) is 5.92 Å². The monoisotopic (exact) mass is 308 g/mol. The van der Waals surface area contributed by atoms with Gasteiger partial charge >= 0.3 is 6.03 Å². The molecular weight excluding hydrogens is 284 g/mol. The predicted molar refractivity (Wildman–Crippen MR) is 88.0 cm³/mol. The zero-order valence-electron chi connectivity index (χ0n) is 12.8. The lowest BCUT2D eigenvalue weighted by Crippen LogP contribution is -2.33. The Morgan fingerprint density at radius 2 is 2.24 bits per heavy atom. The fourth-order valence-corrected chi connectivity index (χ4v) is 3.24. The zero-order valence-corrected chi connectivity index (χ0v) is 13.6. The van der Waals surface area contributed by atoms with Crippen LogP contribution in [0.3, 0.4) is 0 Å². The van der Waals surface area contributed by atoms with Crippen molar-refractivity contribution in [3.63, 3.8) is 0 Å². The highest BCUT2D eigenvalue weighted by atomic mass is 32.2. The molecule has 2 amide bonds. The molecular formula is C16H24N2O2S. The summed E-state index contributed by atoms with van der Waals surface area (Å²) in [5.74, 6) is 1.46. The third-order valence-electron chi connectivity index (χ3n) is 3.56. The maximum Gasteiger partial charge on any atom is 0.321 e. The molecule has 1 N–H and O–H groups in total. The van der Waals surface area contributed by atoms with Gasteiger partial charge in [0.1, 0.15) is 0 Å². The normalized spacial score (nSPS) is 18.0. The minimum atomic E-state index is -0.00171. The molecule has 0 spiro atoms. The van der Waals surface area contributed by atoms with Crippen molar-refractivity contribution in [2.24, 2.45) is 5.92 Å². The number of para-hydroxylation sites is 1. The Labute approximate surface area is 131 Å². The number of nitrogens with zero attached hydrogens (tertiary/aromatic N) is 1. The fourth-order valence-electron chi connectivity index (χ4n) is 2.48. The van der Waals surface area contributed by atoms with Crippen LogP contribution in [0.5, 0.6) is 0 Å².